The van der Waals surface area contributed by atoms with Crippen LogP contribution >= 0.6 is 0 Å². The van der Waals surface area contributed by atoms with Gasteiger partial charge in [-0.2, -0.15) is 0 Å². The third-order valence-corrected chi connectivity index (χ3v) is 5.59. The zero-order valence-electron chi connectivity index (χ0n) is 19.9. The third kappa shape index (κ3) is 10.6. The molecule has 0 saturated carbocycles. The van der Waals surface area contributed by atoms with Crippen molar-refractivity contribution in [2.75, 3.05) is 0 Å². The minimum absolute atomic E-state index is 0.131. The minimum atomic E-state index is -1.69. The molecule has 0 aliphatic heterocycles. The third-order valence-electron chi connectivity index (χ3n) is 5.59. The molecule has 0 heterocycles. The first-order valence-corrected chi connectivity index (χ1v) is 11.1. The van der Waals surface area contributed by atoms with Crippen molar-refractivity contribution in [2.24, 2.45) is 17.6 Å². The first-order valence-electron chi connectivity index (χ1n) is 11.1. The fourth-order valence-electron chi connectivity index (χ4n) is 2.95. The van der Waals surface area contributed by atoms with Crippen LogP contribution in [-0.2, 0) is 28.8 Å². The Morgan fingerprint density at radius 2 is 1.18 bits per heavy atom. The van der Waals surface area contributed by atoms with E-state index >= 15 is 0 Å². The van der Waals surface area contributed by atoms with Crippen LogP contribution in [0, 0.1) is 11.8 Å². The Kier molecular flexibility index (Phi) is 13.4. The number of hydrogen-bond donors (Lipinski definition) is 7. The summed E-state index contributed by atoms with van der Waals surface area (Å²) in [6, 6.07) is -5.14. The van der Waals surface area contributed by atoms with Crippen molar-refractivity contribution in [3.8, 4) is 0 Å². The van der Waals surface area contributed by atoms with Crippen LogP contribution < -0.4 is 21.7 Å². The Hall–Kier alpha value is -3.22. The molecule has 0 aliphatic carbocycles. The molecule has 6 atom stereocenters. The van der Waals surface area contributed by atoms with Crippen molar-refractivity contribution in [3.63, 3.8) is 0 Å². The predicted octanol–water partition coefficient (Wildman–Crippen LogP) is -0.716. The van der Waals surface area contributed by atoms with Crippen molar-refractivity contribution in [3.05, 3.63) is 0 Å². The number of aliphatic carboxylic acids is 3. The van der Waals surface area contributed by atoms with Gasteiger partial charge in [0.25, 0.3) is 0 Å². The van der Waals surface area contributed by atoms with Gasteiger partial charge in [-0.15, -0.1) is 0 Å². The number of carboxylic acid groups (broad SMARTS) is 3. The lowest BCUT2D eigenvalue weighted by molar-refractivity contribution is -0.147. The average Bonchev–Trinajstić information content (AvgIpc) is 2.76. The summed E-state index contributed by atoms with van der Waals surface area (Å²) < 4.78 is 0. The first-order chi connectivity index (χ1) is 15.7. The van der Waals surface area contributed by atoms with Crippen LogP contribution in [0.3, 0.4) is 0 Å². The van der Waals surface area contributed by atoms with Gasteiger partial charge in [0.1, 0.15) is 18.1 Å². The molecule has 0 aliphatic rings. The van der Waals surface area contributed by atoms with E-state index in [0.717, 1.165) is 0 Å². The van der Waals surface area contributed by atoms with Crippen molar-refractivity contribution in [1.82, 2.24) is 16.0 Å². The van der Waals surface area contributed by atoms with Crippen LogP contribution in [0.5, 0.6) is 0 Å². The van der Waals surface area contributed by atoms with E-state index in [0.29, 0.717) is 12.8 Å². The van der Waals surface area contributed by atoms with Crippen LogP contribution in [0.4, 0.5) is 0 Å². The number of carboxylic acids is 3. The van der Waals surface area contributed by atoms with Gasteiger partial charge in [0.05, 0.1) is 12.5 Å². The molecule has 0 fully saturated rings. The normalized spacial score (nSPS) is 16.1. The highest BCUT2D eigenvalue weighted by molar-refractivity contribution is 5.95. The predicted molar refractivity (Wildman–Crippen MR) is 119 cm³/mol. The van der Waals surface area contributed by atoms with Gasteiger partial charge in [-0.25, -0.2) is 4.79 Å². The maximum atomic E-state index is 13.0. The average molecular weight is 489 g/mol. The molecule has 34 heavy (non-hydrogen) atoms. The van der Waals surface area contributed by atoms with Crippen LogP contribution in [0.1, 0.15) is 59.8 Å². The number of amides is 3. The Labute approximate surface area is 197 Å². The van der Waals surface area contributed by atoms with Crippen LogP contribution in [0.25, 0.3) is 0 Å². The number of carbonyl (C=O) groups is 6. The molecule has 0 saturated heterocycles. The summed E-state index contributed by atoms with van der Waals surface area (Å²) >= 11 is 0. The molecule has 194 valence electrons. The lowest BCUT2D eigenvalue weighted by Crippen LogP contribution is -2.60. The lowest BCUT2D eigenvalue weighted by atomic mass is 9.94. The molecule has 0 radical (unpaired) electrons. The first kappa shape index (κ1) is 30.8. The molecule has 13 heteroatoms. The molecule has 6 unspecified atom stereocenters. The maximum absolute atomic E-state index is 13.0. The monoisotopic (exact) mass is 488 g/mol. The zero-order chi connectivity index (χ0) is 26.6. The van der Waals surface area contributed by atoms with Gasteiger partial charge in [-0.3, -0.25) is 24.0 Å². The van der Waals surface area contributed by atoms with E-state index in [2.05, 4.69) is 16.0 Å². The Morgan fingerprint density at radius 3 is 1.56 bits per heavy atom. The molecule has 13 nitrogen and oxygen atoms in total. The van der Waals surface area contributed by atoms with E-state index in [9.17, 15) is 33.9 Å². The lowest BCUT2D eigenvalue weighted by Gasteiger charge is -2.30. The van der Waals surface area contributed by atoms with Gasteiger partial charge in [0, 0.05) is 6.42 Å². The van der Waals surface area contributed by atoms with Gasteiger partial charge in [0.15, 0.2) is 0 Å². The Bertz CT molecular complexity index is 759. The van der Waals surface area contributed by atoms with E-state index in [1.807, 2.05) is 0 Å². The van der Waals surface area contributed by atoms with Crippen LogP contribution in [0.15, 0.2) is 0 Å². The van der Waals surface area contributed by atoms with Gasteiger partial charge < -0.3 is 37.0 Å². The smallest absolute Gasteiger partial charge is 0.326 e. The van der Waals surface area contributed by atoms with Crippen molar-refractivity contribution in [2.45, 2.75) is 84.0 Å². The SMILES string of the molecule is CCC(C)C(NC(=O)C(N)CCC(=O)O)C(=O)NC(C(=O)NC(CC(=O)O)C(=O)O)C(C)CC. The summed E-state index contributed by atoms with van der Waals surface area (Å²) in [5.41, 5.74) is 5.72. The molecule has 0 aromatic carbocycles. The summed E-state index contributed by atoms with van der Waals surface area (Å²) in [6.45, 7) is 6.87. The van der Waals surface area contributed by atoms with Gasteiger partial charge >= 0.3 is 17.9 Å². The highest BCUT2D eigenvalue weighted by Gasteiger charge is 2.34. The molecular weight excluding hydrogens is 452 g/mol. The second-order valence-corrected chi connectivity index (χ2v) is 8.28. The summed E-state index contributed by atoms with van der Waals surface area (Å²) in [5, 5.41) is 34.0. The van der Waals surface area contributed by atoms with E-state index in [1.54, 1.807) is 27.7 Å². The minimum Gasteiger partial charge on any atom is -0.481 e. The molecule has 0 aromatic rings. The van der Waals surface area contributed by atoms with Crippen LogP contribution in [-0.4, -0.2) is 75.1 Å². The van der Waals surface area contributed by atoms with Gasteiger partial charge in [-0.05, 0) is 18.3 Å². The molecule has 0 rings (SSSR count). The number of nitrogens with one attached hydrogen (secondary N) is 3. The Morgan fingerprint density at radius 1 is 0.735 bits per heavy atom. The molecule has 0 aromatic heterocycles. The van der Waals surface area contributed by atoms with Crippen molar-refractivity contribution < 1.29 is 44.1 Å². The molecule has 0 spiro atoms. The summed E-state index contributed by atoms with van der Waals surface area (Å²) in [7, 11) is 0. The summed E-state index contributed by atoms with van der Waals surface area (Å²) in [4.78, 5) is 71.2. The molecule has 3 amide bonds. The van der Waals surface area contributed by atoms with Gasteiger partial charge in [-0.1, -0.05) is 40.5 Å². The highest BCUT2D eigenvalue weighted by Crippen LogP contribution is 2.13. The fraction of sp³-hybridized carbons (Fsp3) is 0.714. The molecular formula is C21H36N4O9. The molecule has 8 N–H and O–H groups in total. The van der Waals surface area contributed by atoms with E-state index < -0.39 is 72.1 Å². The Balaban J connectivity index is 5.60. The molecule has 0 bridgehead atoms. The van der Waals surface area contributed by atoms with E-state index in [-0.39, 0.29) is 18.8 Å². The second kappa shape index (κ2) is 14.8. The summed E-state index contributed by atoms with van der Waals surface area (Å²) in [6.07, 6.45) is -0.402. The van der Waals surface area contributed by atoms with Crippen molar-refractivity contribution in [1.29, 1.82) is 0 Å². The number of hydrogen-bond acceptors (Lipinski definition) is 7. The fourth-order valence-corrected chi connectivity index (χ4v) is 2.95. The van der Waals surface area contributed by atoms with Crippen LogP contribution in [0.2, 0.25) is 0 Å². The maximum Gasteiger partial charge on any atom is 0.326 e. The second-order valence-electron chi connectivity index (χ2n) is 8.28. The van der Waals surface area contributed by atoms with E-state index in [4.69, 9.17) is 15.9 Å². The van der Waals surface area contributed by atoms with E-state index in [1.165, 1.54) is 0 Å². The largest absolute Gasteiger partial charge is 0.481 e. The summed E-state index contributed by atoms with van der Waals surface area (Å²) in [5.74, 6) is -7.21. The number of nitrogens with two attached hydrogens (primary N) is 1. The van der Waals surface area contributed by atoms with Gasteiger partial charge in [0.2, 0.25) is 17.7 Å². The number of rotatable bonds is 16. The standard InChI is InChI=1S/C21H36N4O9/c1-5-10(3)16(19(31)23-13(21(33)34)9-15(28)29)25-20(32)17(11(4)6-2)24-18(30)12(22)7-8-14(26)27/h10-13,16-17H,5-9,22H2,1-4H3,(H,23,31)(H,24,30)(H,25,32)(H,26,27)(H,28,29)(H,33,34). The topological polar surface area (TPSA) is 225 Å². The van der Waals surface area contributed by atoms with Crippen molar-refractivity contribution >= 4 is 35.6 Å². The zero-order valence-corrected chi connectivity index (χ0v) is 19.9. The highest BCUT2D eigenvalue weighted by atomic mass is 16.4. The quantitative estimate of drug-likeness (QED) is 0.144. The number of carbonyl (C=O) groups excluding carboxylic acids is 3.